The molecule has 0 bridgehead atoms. The summed E-state index contributed by atoms with van der Waals surface area (Å²) >= 11 is 0. The summed E-state index contributed by atoms with van der Waals surface area (Å²) in [7, 11) is 1.95. The van der Waals surface area contributed by atoms with Crippen LogP contribution in [0.25, 0.3) is 17.2 Å². The lowest BCUT2D eigenvalue weighted by molar-refractivity contribution is 0.768. The van der Waals surface area contributed by atoms with Crippen LogP contribution in [-0.2, 0) is 13.5 Å². The van der Waals surface area contributed by atoms with Gasteiger partial charge in [-0.1, -0.05) is 29.8 Å². The SMILES string of the molecule is CC1=Cc2ccc(-c3cnn(C)c3)cc2C1. The second kappa shape index (κ2) is 3.34. The van der Waals surface area contributed by atoms with Gasteiger partial charge in [-0.05, 0) is 30.0 Å². The number of hydrogen-bond donors (Lipinski definition) is 0. The Kier molecular flexibility index (Phi) is 1.96. The topological polar surface area (TPSA) is 17.8 Å². The van der Waals surface area contributed by atoms with Gasteiger partial charge >= 0.3 is 0 Å². The fraction of sp³-hybridized carbons (Fsp3) is 0.214. The number of aromatic nitrogens is 2. The molecule has 2 nitrogen and oxygen atoms in total. The van der Waals surface area contributed by atoms with Crippen LogP contribution >= 0.6 is 0 Å². The van der Waals surface area contributed by atoms with Gasteiger partial charge in [0.2, 0.25) is 0 Å². The molecular formula is C14H14N2. The molecule has 0 spiro atoms. The Morgan fingerprint density at radius 1 is 1.25 bits per heavy atom. The second-order valence-electron chi connectivity index (χ2n) is 4.48. The molecule has 80 valence electrons. The molecule has 0 radical (unpaired) electrons. The first-order chi connectivity index (χ1) is 7.72. The van der Waals surface area contributed by atoms with Crippen molar-refractivity contribution < 1.29 is 0 Å². The third-order valence-corrected chi connectivity index (χ3v) is 3.05. The Labute approximate surface area is 95.2 Å². The molecule has 0 N–H and O–H groups in total. The van der Waals surface area contributed by atoms with Crippen molar-refractivity contribution >= 4 is 6.08 Å². The van der Waals surface area contributed by atoms with Gasteiger partial charge in [-0.2, -0.15) is 5.10 Å². The Morgan fingerprint density at radius 2 is 2.12 bits per heavy atom. The van der Waals surface area contributed by atoms with Gasteiger partial charge in [0.05, 0.1) is 6.20 Å². The second-order valence-corrected chi connectivity index (χ2v) is 4.48. The van der Waals surface area contributed by atoms with E-state index in [4.69, 9.17) is 0 Å². The molecule has 2 heteroatoms. The Balaban J connectivity index is 2.04. The Hall–Kier alpha value is -1.83. The number of nitrogens with zero attached hydrogens (tertiary/aromatic N) is 2. The Morgan fingerprint density at radius 3 is 2.88 bits per heavy atom. The molecule has 1 aliphatic rings. The van der Waals surface area contributed by atoms with Gasteiger partial charge in [0.25, 0.3) is 0 Å². The van der Waals surface area contributed by atoms with Crippen molar-refractivity contribution in [2.45, 2.75) is 13.3 Å². The van der Waals surface area contributed by atoms with Crippen LogP contribution in [0.15, 0.2) is 36.2 Å². The maximum atomic E-state index is 4.21. The molecule has 0 saturated carbocycles. The van der Waals surface area contributed by atoms with E-state index in [1.54, 1.807) is 0 Å². The molecule has 1 aromatic heterocycles. The average molecular weight is 210 g/mol. The highest BCUT2D eigenvalue weighted by Crippen LogP contribution is 2.29. The summed E-state index contributed by atoms with van der Waals surface area (Å²) in [5, 5.41) is 4.21. The molecule has 0 fully saturated rings. The molecular weight excluding hydrogens is 196 g/mol. The zero-order chi connectivity index (χ0) is 11.1. The van der Waals surface area contributed by atoms with Crippen molar-refractivity contribution in [3.05, 3.63) is 47.3 Å². The minimum atomic E-state index is 1.09. The van der Waals surface area contributed by atoms with Crippen molar-refractivity contribution in [2.24, 2.45) is 7.05 Å². The highest BCUT2D eigenvalue weighted by atomic mass is 15.2. The quantitative estimate of drug-likeness (QED) is 0.707. The highest BCUT2D eigenvalue weighted by Gasteiger charge is 2.10. The van der Waals surface area contributed by atoms with E-state index in [9.17, 15) is 0 Å². The van der Waals surface area contributed by atoms with Crippen molar-refractivity contribution in [3.8, 4) is 11.1 Å². The summed E-state index contributed by atoms with van der Waals surface area (Å²) in [5.41, 5.74) is 6.69. The van der Waals surface area contributed by atoms with E-state index >= 15 is 0 Å². The molecule has 1 aliphatic carbocycles. The fourth-order valence-corrected chi connectivity index (χ4v) is 2.27. The van der Waals surface area contributed by atoms with Gasteiger partial charge in [-0.3, -0.25) is 4.68 Å². The predicted octanol–water partition coefficient (Wildman–Crippen LogP) is 3.05. The number of hydrogen-bond acceptors (Lipinski definition) is 1. The largest absolute Gasteiger partial charge is 0.275 e. The third-order valence-electron chi connectivity index (χ3n) is 3.05. The Bertz CT molecular complexity index is 576. The lowest BCUT2D eigenvalue weighted by Gasteiger charge is -2.02. The summed E-state index contributed by atoms with van der Waals surface area (Å²) in [5.74, 6) is 0. The van der Waals surface area contributed by atoms with E-state index in [0.717, 1.165) is 6.42 Å². The number of fused-ring (bicyclic) bond motifs is 1. The number of aryl methyl sites for hydroxylation is 1. The smallest absolute Gasteiger partial charge is 0.0568 e. The first kappa shape index (κ1) is 9.40. The van der Waals surface area contributed by atoms with E-state index in [1.165, 1.54) is 27.8 Å². The molecule has 16 heavy (non-hydrogen) atoms. The molecule has 2 aromatic rings. The van der Waals surface area contributed by atoms with Crippen LogP contribution in [0.1, 0.15) is 18.1 Å². The van der Waals surface area contributed by atoms with Gasteiger partial charge in [-0.15, -0.1) is 0 Å². The molecule has 0 atom stereocenters. The summed E-state index contributed by atoms with van der Waals surface area (Å²) < 4.78 is 1.84. The van der Waals surface area contributed by atoms with Crippen LogP contribution < -0.4 is 0 Å². The van der Waals surface area contributed by atoms with Gasteiger partial charge in [-0.25, -0.2) is 0 Å². The molecule has 0 unspecified atom stereocenters. The van der Waals surface area contributed by atoms with Crippen molar-refractivity contribution in [2.75, 3.05) is 0 Å². The van der Waals surface area contributed by atoms with E-state index in [2.05, 4.69) is 42.5 Å². The molecule has 1 heterocycles. The van der Waals surface area contributed by atoms with E-state index in [1.807, 2.05) is 17.9 Å². The number of allylic oxidation sites excluding steroid dienone is 1. The van der Waals surface area contributed by atoms with Crippen molar-refractivity contribution in [1.82, 2.24) is 9.78 Å². The van der Waals surface area contributed by atoms with Crippen LogP contribution in [0.3, 0.4) is 0 Å². The van der Waals surface area contributed by atoms with Gasteiger partial charge in [0, 0.05) is 18.8 Å². The monoisotopic (exact) mass is 210 g/mol. The minimum absolute atomic E-state index is 1.09. The summed E-state index contributed by atoms with van der Waals surface area (Å²) in [6, 6.07) is 6.65. The summed E-state index contributed by atoms with van der Waals surface area (Å²) in [4.78, 5) is 0. The van der Waals surface area contributed by atoms with Crippen LogP contribution in [-0.4, -0.2) is 9.78 Å². The van der Waals surface area contributed by atoms with Crippen molar-refractivity contribution in [3.63, 3.8) is 0 Å². The number of rotatable bonds is 1. The zero-order valence-corrected chi connectivity index (χ0v) is 9.57. The zero-order valence-electron chi connectivity index (χ0n) is 9.57. The first-order valence-electron chi connectivity index (χ1n) is 5.51. The maximum Gasteiger partial charge on any atom is 0.0568 e. The van der Waals surface area contributed by atoms with Crippen LogP contribution in [0.2, 0.25) is 0 Å². The predicted molar refractivity (Wildman–Crippen MR) is 66.0 cm³/mol. The molecule has 0 saturated heterocycles. The number of benzene rings is 1. The molecule has 3 rings (SSSR count). The maximum absolute atomic E-state index is 4.21. The van der Waals surface area contributed by atoms with Crippen LogP contribution in [0.4, 0.5) is 0 Å². The lowest BCUT2D eigenvalue weighted by atomic mass is 10.0. The molecule has 1 aromatic carbocycles. The third kappa shape index (κ3) is 1.47. The van der Waals surface area contributed by atoms with Crippen LogP contribution in [0, 0.1) is 0 Å². The molecule has 0 aliphatic heterocycles. The van der Waals surface area contributed by atoms with Crippen molar-refractivity contribution in [1.29, 1.82) is 0 Å². The fourth-order valence-electron chi connectivity index (χ4n) is 2.27. The minimum Gasteiger partial charge on any atom is -0.275 e. The van der Waals surface area contributed by atoms with Crippen LogP contribution in [0.5, 0.6) is 0 Å². The van der Waals surface area contributed by atoms with Gasteiger partial charge in [0.1, 0.15) is 0 Å². The highest BCUT2D eigenvalue weighted by molar-refractivity contribution is 5.70. The van der Waals surface area contributed by atoms with Gasteiger partial charge in [0.15, 0.2) is 0 Å². The summed E-state index contributed by atoms with van der Waals surface area (Å²) in [6.45, 7) is 2.18. The normalized spacial score (nSPS) is 13.8. The van der Waals surface area contributed by atoms with E-state index in [-0.39, 0.29) is 0 Å². The first-order valence-corrected chi connectivity index (χ1v) is 5.51. The molecule has 0 amide bonds. The lowest BCUT2D eigenvalue weighted by Crippen LogP contribution is -1.85. The van der Waals surface area contributed by atoms with Gasteiger partial charge < -0.3 is 0 Å². The average Bonchev–Trinajstić information content (AvgIpc) is 2.81. The van der Waals surface area contributed by atoms with E-state index in [0.29, 0.717) is 0 Å². The standard InChI is InChI=1S/C14H14N2/c1-10-5-11-3-4-12(7-13(11)6-10)14-8-15-16(2)9-14/h3-5,7-9H,6H2,1-2H3. The summed E-state index contributed by atoms with van der Waals surface area (Å²) in [6.07, 6.45) is 7.32. The van der Waals surface area contributed by atoms with E-state index < -0.39 is 0 Å².